The summed E-state index contributed by atoms with van der Waals surface area (Å²) in [7, 11) is 1.51. The Hall–Kier alpha value is -4.14. The summed E-state index contributed by atoms with van der Waals surface area (Å²) in [6, 6.07) is 14.4. The zero-order valence-electron chi connectivity index (χ0n) is 16.4. The number of carbonyl (C=O) groups excluding carboxylic acids is 1. The van der Waals surface area contributed by atoms with Crippen LogP contribution < -0.4 is 20.5 Å². The molecule has 4 rings (SSSR count). The molecule has 0 atom stereocenters. The second-order valence-electron chi connectivity index (χ2n) is 6.53. The largest absolute Gasteiger partial charge is 0.495 e. The molecule has 0 unspecified atom stereocenters. The summed E-state index contributed by atoms with van der Waals surface area (Å²) in [5.41, 5.74) is 1.34. The number of aryl methyl sites for hydroxylation is 1. The van der Waals surface area contributed by atoms with E-state index in [1.54, 1.807) is 36.4 Å². The van der Waals surface area contributed by atoms with Gasteiger partial charge in [0.15, 0.2) is 0 Å². The number of rotatable bonds is 6. The lowest BCUT2D eigenvalue weighted by Crippen LogP contribution is -2.28. The van der Waals surface area contributed by atoms with E-state index in [4.69, 9.17) is 9.47 Å². The molecule has 0 saturated carbocycles. The van der Waals surface area contributed by atoms with Crippen LogP contribution in [-0.2, 0) is 11.3 Å². The van der Waals surface area contributed by atoms with Gasteiger partial charge >= 0.3 is 5.69 Å². The third kappa shape index (κ3) is 3.86. The molecular weight excluding hydrogens is 386 g/mol. The van der Waals surface area contributed by atoms with Gasteiger partial charge in [-0.3, -0.25) is 4.79 Å². The first-order chi connectivity index (χ1) is 14.5. The van der Waals surface area contributed by atoms with Gasteiger partial charge in [-0.2, -0.15) is 0 Å². The minimum absolute atomic E-state index is 0.169. The van der Waals surface area contributed by atoms with Crippen LogP contribution in [0.2, 0.25) is 0 Å². The molecule has 152 valence electrons. The van der Waals surface area contributed by atoms with E-state index < -0.39 is 11.6 Å². The summed E-state index contributed by atoms with van der Waals surface area (Å²) >= 11 is 0. The molecule has 0 aliphatic carbocycles. The lowest BCUT2D eigenvalue weighted by molar-refractivity contribution is -0.117. The Morgan fingerprint density at radius 2 is 1.90 bits per heavy atom. The Labute approximate surface area is 171 Å². The fraction of sp³-hybridized carbons (Fsp3) is 0.143. The van der Waals surface area contributed by atoms with Crippen molar-refractivity contribution in [2.45, 2.75) is 13.5 Å². The molecule has 0 aliphatic heterocycles. The zero-order valence-corrected chi connectivity index (χ0v) is 16.4. The topological polar surface area (TPSA) is 99.8 Å². The summed E-state index contributed by atoms with van der Waals surface area (Å²) in [6.45, 7) is 1.70. The van der Waals surface area contributed by atoms with Crippen molar-refractivity contribution >= 4 is 17.2 Å². The summed E-state index contributed by atoms with van der Waals surface area (Å²) in [6.07, 6.45) is 2.92. The molecule has 2 aromatic carbocycles. The molecule has 0 aliphatic rings. The van der Waals surface area contributed by atoms with Crippen molar-refractivity contribution in [3.63, 3.8) is 0 Å². The van der Waals surface area contributed by atoms with Crippen LogP contribution in [0.15, 0.2) is 65.7 Å². The van der Waals surface area contributed by atoms with E-state index in [9.17, 15) is 9.59 Å². The minimum atomic E-state index is -0.476. The highest BCUT2D eigenvalue weighted by Gasteiger charge is 2.16. The van der Waals surface area contributed by atoms with Gasteiger partial charge in [0.25, 0.3) is 5.88 Å². The molecule has 0 bridgehead atoms. The van der Waals surface area contributed by atoms with E-state index in [-0.39, 0.29) is 18.1 Å². The second kappa shape index (κ2) is 8.08. The monoisotopic (exact) mass is 405 g/mol. The quantitative estimate of drug-likeness (QED) is 0.529. The lowest BCUT2D eigenvalue weighted by atomic mass is 10.2. The van der Waals surface area contributed by atoms with E-state index in [0.29, 0.717) is 17.2 Å². The van der Waals surface area contributed by atoms with Crippen molar-refractivity contribution in [2.24, 2.45) is 0 Å². The number of benzene rings is 2. The molecule has 2 aromatic heterocycles. The van der Waals surface area contributed by atoms with Crippen molar-refractivity contribution in [1.82, 2.24) is 19.2 Å². The number of aromatic nitrogens is 4. The van der Waals surface area contributed by atoms with Crippen LogP contribution in [0, 0.1) is 6.92 Å². The van der Waals surface area contributed by atoms with Gasteiger partial charge in [0, 0.05) is 12.4 Å². The third-order valence-electron chi connectivity index (χ3n) is 4.38. The maximum Gasteiger partial charge on any atom is 0.351 e. The van der Waals surface area contributed by atoms with Crippen LogP contribution >= 0.6 is 0 Å². The number of amides is 1. The van der Waals surface area contributed by atoms with Gasteiger partial charge in [0.2, 0.25) is 11.6 Å². The number of hydrogen-bond donors (Lipinski definition) is 1. The number of nitrogens with one attached hydrogen (secondary N) is 1. The lowest BCUT2D eigenvalue weighted by Gasteiger charge is -2.09. The van der Waals surface area contributed by atoms with Gasteiger partial charge in [0.05, 0.1) is 12.8 Å². The number of carbonyl (C=O) groups is 1. The van der Waals surface area contributed by atoms with Crippen molar-refractivity contribution in [2.75, 3.05) is 12.4 Å². The van der Waals surface area contributed by atoms with Gasteiger partial charge < -0.3 is 14.8 Å². The van der Waals surface area contributed by atoms with Crippen LogP contribution in [-0.4, -0.2) is 32.2 Å². The van der Waals surface area contributed by atoms with Gasteiger partial charge in [0.1, 0.15) is 18.0 Å². The standard InChI is InChI=1S/C21H19N5O4/c1-14-7-9-15(10-8-14)30-20-19-24-26(21(28)25(19)12-11-22-20)13-18(27)23-16-5-3-4-6-17(16)29-2/h3-12H,13H2,1-2H3,(H,23,27). The zero-order chi connectivity index (χ0) is 21.1. The van der Waals surface area contributed by atoms with Crippen LogP contribution in [0.4, 0.5) is 5.69 Å². The Morgan fingerprint density at radius 1 is 1.13 bits per heavy atom. The highest BCUT2D eigenvalue weighted by molar-refractivity contribution is 5.92. The van der Waals surface area contributed by atoms with E-state index in [2.05, 4.69) is 15.4 Å². The molecule has 2 heterocycles. The number of para-hydroxylation sites is 2. The molecule has 0 spiro atoms. The van der Waals surface area contributed by atoms with Crippen molar-refractivity contribution in [1.29, 1.82) is 0 Å². The second-order valence-corrected chi connectivity index (χ2v) is 6.53. The predicted octanol–water partition coefficient (Wildman–Crippen LogP) is 2.64. The predicted molar refractivity (Wildman–Crippen MR) is 110 cm³/mol. The average Bonchev–Trinajstić information content (AvgIpc) is 3.06. The maximum atomic E-state index is 12.7. The molecule has 4 aromatic rings. The Balaban J connectivity index is 1.59. The van der Waals surface area contributed by atoms with Gasteiger partial charge in [-0.05, 0) is 31.2 Å². The van der Waals surface area contributed by atoms with Crippen LogP contribution in [0.5, 0.6) is 17.4 Å². The molecule has 1 amide bonds. The Morgan fingerprint density at radius 3 is 2.67 bits per heavy atom. The summed E-state index contributed by atoms with van der Waals surface area (Å²) < 4.78 is 13.3. The minimum Gasteiger partial charge on any atom is -0.495 e. The first-order valence-corrected chi connectivity index (χ1v) is 9.17. The first-order valence-electron chi connectivity index (χ1n) is 9.17. The third-order valence-corrected chi connectivity index (χ3v) is 4.38. The Kier molecular flexibility index (Phi) is 5.17. The van der Waals surface area contributed by atoms with Gasteiger partial charge in [-0.1, -0.05) is 29.8 Å². The van der Waals surface area contributed by atoms with E-state index in [1.807, 2.05) is 19.1 Å². The summed E-state index contributed by atoms with van der Waals surface area (Å²) in [5, 5.41) is 6.96. The number of methoxy groups -OCH3 is 1. The van der Waals surface area contributed by atoms with Crippen molar-refractivity contribution in [3.8, 4) is 17.4 Å². The van der Waals surface area contributed by atoms with Gasteiger partial charge in [-0.15, -0.1) is 5.10 Å². The maximum absolute atomic E-state index is 12.7. The fourth-order valence-electron chi connectivity index (χ4n) is 2.89. The van der Waals surface area contributed by atoms with Crippen LogP contribution in [0.1, 0.15) is 5.56 Å². The molecule has 0 fully saturated rings. The highest BCUT2D eigenvalue weighted by atomic mass is 16.5. The molecule has 9 nitrogen and oxygen atoms in total. The smallest absolute Gasteiger partial charge is 0.351 e. The molecule has 0 saturated heterocycles. The van der Waals surface area contributed by atoms with Gasteiger partial charge in [-0.25, -0.2) is 18.9 Å². The van der Waals surface area contributed by atoms with Crippen LogP contribution in [0.3, 0.4) is 0 Å². The molecule has 9 heteroatoms. The molecular formula is C21H19N5O4. The highest BCUT2D eigenvalue weighted by Crippen LogP contribution is 2.23. The number of fused-ring (bicyclic) bond motifs is 1. The van der Waals surface area contributed by atoms with Crippen molar-refractivity contribution in [3.05, 3.63) is 77.0 Å². The Bertz CT molecular complexity index is 1260. The summed E-state index contributed by atoms with van der Waals surface area (Å²) in [4.78, 5) is 29.3. The van der Waals surface area contributed by atoms with Crippen LogP contribution in [0.25, 0.3) is 5.65 Å². The first kappa shape index (κ1) is 19.2. The number of nitrogens with zero attached hydrogens (tertiary/aromatic N) is 4. The fourth-order valence-corrected chi connectivity index (χ4v) is 2.89. The normalized spacial score (nSPS) is 10.7. The number of ether oxygens (including phenoxy) is 2. The summed E-state index contributed by atoms with van der Waals surface area (Å²) in [5.74, 6) is 0.838. The van der Waals surface area contributed by atoms with E-state index in [0.717, 1.165) is 10.2 Å². The van der Waals surface area contributed by atoms with E-state index >= 15 is 0 Å². The van der Waals surface area contributed by atoms with E-state index in [1.165, 1.54) is 23.9 Å². The number of anilines is 1. The molecule has 1 N–H and O–H groups in total. The number of hydrogen-bond acceptors (Lipinski definition) is 6. The van der Waals surface area contributed by atoms with Crippen molar-refractivity contribution < 1.29 is 14.3 Å². The SMILES string of the molecule is COc1ccccc1NC(=O)Cn1nc2c(Oc3ccc(C)cc3)nccn2c1=O. The molecule has 30 heavy (non-hydrogen) atoms. The average molecular weight is 405 g/mol. The molecule has 0 radical (unpaired) electrons.